The number of nitrogens with one attached hydrogen (secondary N) is 2. The molecule has 0 saturated carbocycles. The number of anilines is 2. The number of ether oxygens (including phenoxy) is 1. The van der Waals surface area contributed by atoms with Crippen molar-refractivity contribution in [2.24, 2.45) is 0 Å². The number of hydrogen-bond donors (Lipinski definition) is 2. The highest BCUT2D eigenvalue weighted by Gasteiger charge is 2.20. The van der Waals surface area contributed by atoms with E-state index >= 15 is 0 Å². The van der Waals surface area contributed by atoms with E-state index in [2.05, 4.69) is 10.0 Å². The maximum absolute atomic E-state index is 12.8. The van der Waals surface area contributed by atoms with Crippen molar-refractivity contribution in [2.75, 3.05) is 10.0 Å². The van der Waals surface area contributed by atoms with Crippen LogP contribution in [0.15, 0.2) is 71.6 Å². The standard InChI is InChI=1S/C25H28N2O4S/c1-5-23(31-21-13-9-17(2)10-14-21)25(28)26-20-11-15-22(16-12-20)32(29,30)27-24-18(3)7-6-8-19(24)4/h6-16,23,27H,5H2,1-4H3,(H,26,28). The molecule has 1 unspecified atom stereocenters. The van der Waals surface area contributed by atoms with Crippen LogP contribution < -0.4 is 14.8 Å². The lowest BCUT2D eigenvalue weighted by molar-refractivity contribution is -0.122. The first kappa shape index (κ1) is 23.3. The molecule has 0 bridgehead atoms. The molecule has 3 aromatic carbocycles. The van der Waals surface area contributed by atoms with Crippen molar-refractivity contribution in [2.45, 2.75) is 45.1 Å². The molecule has 0 aliphatic heterocycles. The smallest absolute Gasteiger partial charge is 0.265 e. The molecule has 168 valence electrons. The first-order valence-electron chi connectivity index (χ1n) is 10.4. The Morgan fingerprint density at radius 1 is 0.906 bits per heavy atom. The van der Waals surface area contributed by atoms with Gasteiger partial charge in [0, 0.05) is 5.69 Å². The molecule has 6 nitrogen and oxygen atoms in total. The van der Waals surface area contributed by atoms with E-state index in [0.717, 1.165) is 16.7 Å². The number of aryl methyl sites for hydroxylation is 3. The lowest BCUT2D eigenvalue weighted by atomic mass is 10.1. The van der Waals surface area contributed by atoms with Crippen LogP contribution in [0, 0.1) is 20.8 Å². The first-order chi connectivity index (χ1) is 15.2. The lowest BCUT2D eigenvalue weighted by Crippen LogP contribution is -2.32. The summed E-state index contributed by atoms with van der Waals surface area (Å²) in [7, 11) is -3.76. The second kappa shape index (κ2) is 9.87. The zero-order valence-corrected chi connectivity index (χ0v) is 19.5. The third kappa shape index (κ3) is 5.68. The largest absolute Gasteiger partial charge is 0.481 e. The maximum atomic E-state index is 12.8. The number of benzene rings is 3. The number of sulfonamides is 1. The Hall–Kier alpha value is -3.32. The van der Waals surface area contributed by atoms with Gasteiger partial charge >= 0.3 is 0 Å². The molecule has 3 rings (SSSR count). The number of carbonyl (C=O) groups is 1. The van der Waals surface area contributed by atoms with Crippen molar-refractivity contribution in [3.63, 3.8) is 0 Å². The van der Waals surface area contributed by atoms with Crippen LogP contribution in [0.3, 0.4) is 0 Å². The second-order valence-corrected chi connectivity index (χ2v) is 9.40. The second-order valence-electron chi connectivity index (χ2n) is 7.71. The van der Waals surface area contributed by atoms with Crippen molar-refractivity contribution < 1.29 is 17.9 Å². The predicted octanol–water partition coefficient (Wildman–Crippen LogP) is 5.21. The molecular formula is C25H28N2O4S. The minimum absolute atomic E-state index is 0.112. The van der Waals surface area contributed by atoms with Crippen LogP contribution in [0.4, 0.5) is 11.4 Å². The van der Waals surface area contributed by atoms with Gasteiger partial charge in [-0.15, -0.1) is 0 Å². The quantitative estimate of drug-likeness (QED) is 0.491. The Morgan fingerprint density at radius 2 is 1.50 bits per heavy atom. The van der Waals surface area contributed by atoms with Crippen LogP contribution in [0.25, 0.3) is 0 Å². The Labute approximate surface area is 189 Å². The van der Waals surface area contributed by atoms with Crippen molar-refractivity contribution in [3.8, 4) is 5.75 Å². The van der Waals surface area contributed by atoms with E-state index in [-0.39, 0.29) is 10.8 Å². The van der Waals surface area contributed by atoms with E-state index in [1.54, 1.807) is 12.1 Å². The summed E-state index contributed by atoms with van der Waals surface area (Å²) < 4.78 is 34.1. The Kier molecular flexibility index (Phi) is 7.20. The molecule has 0 spiro atoms. The van der Waals surface area contributed by atoms with Gasteiger partial charge in [-0.2, -0.15) is 0 Å². The molecule has 1 atom stereocenters. The summed E-state index contributed by atoms with van der Waals surface area (Å²) in [6, 6.07) is 19.1. The molecule has 0 saturated heterocycles. The normalized spacial score (nSPS) is 12.1. The molecule has 3 aromatic rings. The summed E-state index contributed by atoms with van der Waals surface area (Å²) in [4.78, 5) is 12.8. The van der Waals surface area contributed by atoms with Gasteiger partial charge in [-0.3, -0.25) is 9.52 Å². The minimum Gasteiger partial charge on any atom is -0.481 e. The zero-order valence-electron chi connectivity index (χ0n) is 18.7. The predicted molar refractivity (Wildman–Crippen MR) is 128 cm³/mol. The van der Waals surface area contributed by atoms with Gasteiger partial charge in [-0.05, 0) is 74.7 Å². The van der Waals surface area contributed by atoms with Gasteiger partial charge in [0.25, 0.3) is 15.9 Å². The maximum Gasteiger partial charge on any atom is 0.265 e. The van der Waals surface area contributed by atoms with Crippen LogP contribution in [-0.2, 0) is 14.8 Å². The van der Waals surface area contributed by atoms with Crippen LogP contribution in [0.2, 0.25) is 0 Å². The molecule has 0 fully saturated rings. The van der Waals surface area contributed by atoms with E-state index in [9.17, 15) is 13.2 Å². The molecular weight excluding hydrogens is 424 g/mol. The topological polar surface area (TPSA) is 84.5 Å². The van der Waals surface area contributed by atoms with E-state index in [1.165, 1.54) is 12.1 Å². The molecule has 7 heteroatoms. The highest BCUT2D eigenvalue weighted by molar-refractivity contribution is 7.92. The fourth-order valence-corrected chi connectivity index (χ4v) is 4.42. The molecule has 0 radical (unpaired) electrons. The van der Waals surface area contributed by atoms with Crippen LogP contribution >= 0.6 is 0 Å². The zero-order chi connectivity index (χ0) is 23.3. The first-order valence-corrected chi connectivity index (χ1v) is 11.9. The molecule has 0 aliphatic carbocycles. The monoisotopic (exact) mass is 452 g/mol. The average molecular weight is 453 g/mol. The van der Waals surface area contributed by atoms with E-state index < -0.39 is 16.1 Å². The highest BCUT2D eigenvalue weighted by Crippen LogP contribution is 2.24. The van der Waals surface area contributed by atoms with Gasteiger partial charge in [-0.25, -0.2) is 8.42 Å². The van der Waals surface area contributed by atoms with Gasteiger partial charge < -0.3 is 10.1 Å². The van der Waals surface area contributed by atoms with Gasteiger partial charge in [0.15, 0.2) is 6.10 Å². The fourth-order valence-electron chi connectivity index (χ4n) is 3.21. The van der Waals surface area contributed by atoms with E-state index in [4.69, 9.17) is 4.74 Å². The van der Waals surface area contributed by atoms with Gasteiger partial charge in [-0.1, -0.05) is 42.8 Å². The number of carbonyl (C=O) groups excluding carboxylic acids is 1. The van der Waals surface area contributed by atoms with Gasteiger partial charge in [0.2, 0.25) is 0 Å². The Bertz CT molecular complexity index is 1170. The SMILES string of the molecule is CCC(Oc1ccc(C)cc1)C(=O)Nc1ccc(S(=O)(=O)Nc2c(C)cccc2C)cc1. The van der Waals surface area contributed by atoms with Crippen LogP contribution in [0.5, 0.6) is 5.75 Å². The average Bonchev–Trinajstić information content (AvgIpc) is 2.76. The number of amides is 1. The lowest BCUT2D eigenvalue weighted by Gasteiger charge is -2.18. The fraction of sp³-hybridized carbons (Fsp3) is 0.240. The summed E-state index contributed by atoms with van der Waals surface area (Å²) in [6.07, 6.45) is -0.168. The van der Waals surface area contributed by atoms with Gasteiger partial charge in [0.1, 0.15) is 5.75 Å². The minimum atomic E-state index is -3.76. The molecule has 32 heavy (non-hydrogen) atoms. The summed E-state index contributed by atoms with van der Waals surface area (Å²) >= 11 is 0. The summed E-state index contributed by atoms with van der Waals surface area (Å²) in [6.45, 7) is 7.56. The molecule has 0 heterocycles. The van der Waals surface area contributed by atoms with Crippen molar-refractivity contribution in [3.05, 3.63) is 83.4 Å². The van der Waals surface area contributed by atoms with Crippen molar-refractivity contribution in [1.82, 2.24) is 0 Å². The number of hydrogen-bond acceptors (Lipinski definition) is 4. The van der Waals surface area contributed by atoms with Crippen LogP contribution in [-0.4, -0.2) is 20.4 Å². The highest BCUT2D eigenvalue weighted by atomic mass is 32.2. The third-order valence-corrected chi connectivity index (χ3v) is 6.48. The molecule has 2 N–H and O–H groups in total. The van der Waals surface area contributed by atoms with Crippen molar-refractivity contribution >= 4 is 27.3 Å². The van der Waals surface area contributed by atoms with E-state index in [1.807, 2.05) is 70.2 Å². The Morgan fingerprint density at radius 3 is 2.06 bits per heavy atom. The van der Waals surface area contributed by atoms with E-state index in [0.29, 0.717) is 23.5 Å². The molecule has 0 aromatic heterocycles. The molecule has 0 aliphatic rings. The van der Waals surface area contributed by atoms with Crippen molar-refractivity contribution in [1.29, 1.82) is 0 Å². The summed E-state index contributed by atoms with van der Waals surface area (Å²) in [5, 5.41) is 2.79. The third-order valence-electron chi connectivity index (χ3n) is 5.11. The Balaban J connectivity index is 1.69. The summed E-state index contributed by atoms with van der Waals surface area (Å²) in [5.74, 6) is 0.328. The van der Waals surface area contributed by atoms with Crippen LogP contribution in [0.1, 0.15) is 30.0 Å². The van der Waals surface area contributed by atoms with Gasteiger partial charge in [0.05, 0.1) is 10.6 Å². The molecule has 1 amide bonds. The number of rotatable bonds is 8. The summed E-state index contributed by atoms with van der Waals surface area (Å²) in [5.41, 5.74) is 3.86. The number of para-hydroxylation sites is 1.